The van der Waals surface area contributed by atoms with E-state index in [9.17, 15) is 19.6 Å². The Labute approximate surface area is 221 Å². The fourth-order valence-electron chi connectivity index (χ4n) is 4.51. The number of thioether (sulfide) groups is 1. The molecule has 1 aromatic rings. The van der Waals surface area contributed by atoms with E-state index in [1.165, 1.54) is 16.3 Å². The van der Waals surface area contributed by atoms with E-state index in [-0.39, 0.29) is 23.4 Å². The number of pyridine rings is 1. The Bertz CT molecular complexity index is 1170. The molecule has 36 heavy (non-hydrogen) atoms. The molecule has 0 aromatic carbocycles. The monoisotopic (exact) mass is 532 g/mol. The molecule has 2 aliphatic heterocycles. The fourth-order valence-corrected chi connectivity index (χ4v) is 5.80. The zero-order chi connectivity index (χ0) is 26.4. The zero-order valence-corrected chi connectivity index (χ0v) is 22.8. The van der Waals surface area contributed by atoms with Gasteiger partial charge in [-0.15, -0.1) is 0 Å². The second-order valence-electron chi connectivity index (χ2n) is 8.63. The maximum atomic E-state index is 13.2. The Morgan fingerprint density at radius 2 is 2.06 bits per heavy atom. The number of hydrogen-bond donors (Lipinski definition) is 0. The molecule has 0 spiro atoms. The van der Waals surface area contributed by atoms with E-state index >= 15 is 0 Å². The van der Waals surface area contributed by atoms with Gasteiger partial charge in [-0.25, -0.2) is 0 Å². The van der Waals surface area contributed by atoms with Crippen molar-refractivity contribution in [2.75, 3.05) is 44.4 Å². The maximum Gasteiger partial charge on any atom is 0.310 e. The fraction of sp³-hybridized carbons (Fsp3) is 0.560. The number of thiocarbonyl (C=S) groups is 1. The van der Waals surface area contributed by atoms with E-state index in [2.05, 4.69) is 0 Å². The number of esters is 1. The average molecular weight is 533 g/mol. The van der Waals surface area contributed by atoms with Crippen molar-refractivity contribution >= 4 is 52.1 Å². The number of anilines is 1. The van der Waals surface area contributed by atoms with Crippen molar-refractivity contribution in [2.24, 2.45) is 13.0 Å². The van der Waals surface area contributed by atoms with Gasteiger partial charge in [0, 0.05) is 45.5 Å². The van der Waals surface area contributed by atoms with Crippen molar-refractivity contribution in [3.63, 3.8) is 0 Å². The van der Waals surface area contributed by atoms with Gasteiger partial charge < -0.3 is 14.4 Å². The number of piperidine rings is 1. The molecule has 0 bridgehead atoms. The lowest BCUT2D eigenvalue weighted by Gasteiger charge is -2.35. The van der Waals surface area contributed by atoms with Gasteiger partial charge in [-0.1, -0.05) is 24.0 Å². The lowest BCUT2D eigenvalue weighted by Crippen LogP contribution is -2.42. The van der Waals surface area contributed by atoms with Crippen molar-refractivity contribution in [1.29, 1.82) is 5.26 Å². The van der Waals surface area contributed by atoms with Crippen LogP contribution in [0.5, 0.6) is 0 Å². The number of carbonyl (C=O) groups is 2. The van der Waals surface area contributed by atoms with Gasteiger partial charge in [-0.2, -0.15) is 5.26 Å². The van der Waals surface area contributed by atoms with Crippen LogP contribution in [0, 0.1) is 24.2 Å². The van der Waals surface area contributed by atoms with Gasteiger partial charge in [-0.3, -0.25) is 23.9 Å². The van der Waals surface area contributed by atoms with Crippen LogP contribution in [0.1, 0.15) is 49.8 Å². The van der Waals surface area contributed by atoms with E-state index < -0.39 is 5.56 Å². The van der Waals surface area contributed by atoms with Gasteiger partial charge in [0.1, 0.15) is 21.8 Å². The molecule has 3 heterocycles. The summed E-state index contributed by atoms with van der Waals surface area (Å²) in [5.41, 5.74) is 0.714. The molecule has 1 aromatic heterocycles. The molecular formula is C25H32N4O5S2. The Morgan fingerprint density at radius 3 is 2.72 bits per heavy atom. The number of amides is 1. The van der Waals surface area contributed by atoms with E-state index in [0.29, 0.717) is 78.5 Å². The first-order chi connectivity index (χ1) is 17.2. The normalized spacial score (nSPS) is 19.2. The molecule has 1 unspecified atom stereocenters. The molecule has 2 aliphatic rings. The Kier molecular flexibility index (Phi) is 9.70. The minimum atomic E-state index is -0.413. The molecular weight excluding hydrogens is 500 g/mol. The Hall–Kier alpha value is -2.68. The highest BCUT2D eigenvalue weighted by molar-refractivity contribution is 8.26. The quantitative estimate of drug-likeness (QED) is 0.205. The van der Waals surface area contributed by atoms with E-state index in [4.69, 9.17) is 21.7 Å². The van der Waals surface area contributed by atoms with Crippen molar-refractivity contribution in [1.82, 2.24) is 9.47 Å². The number of nitriles is 1. The molecule has 194 valence electrons. The van der Waals surface area contributed by atoms with E-state index in [0.717, 1.165) is 6.42 Å². The summed E-state index contributed by atoms with van der Waals surface area (Å²) < 4.78 is 12.5. The molecule has 2 fully saturated rings. The summed E-state index contributed by atoms with van der Waals surface area (Å²) in [6, 6.07) is 2.02. The van der Waals surface area contributed by atoms with Crippen LogP contribution in [-0.4, -0.2) is 65.1 Å². The summed E-state index contributed by atoms with van der Waals surface area (Å²) in [5, 5.41) is 9.69. The SMILES string of the molecule is CCOCCCN1C(=O)C(=Cc2c(C)c(C#N)c(=O)n(C)c2N2CCCC(C(=O)OCC)C2)SC1=S. The Morgan fingerprint density at radius 1 is 1.31 bits per heavy atom. The van der Waals surface area contributed by atoms with Gasteiger partial charge in [0.15, 0.2) is 0 Å². The summed E-state index contributed by atoms with van der Waals surface area (Å²) in [4.78, 5) is 42.6. The standard InChI is InChI=1S/C25H32N4O5S2/c1-5-33-12-8-11-29-23(31)20(36-25(29)35)13-18-16(3)19(14-26)22(30)27(4)21(18)28-10-7-9-17(15-28)24(32)34-6-2/h13,17H,5-12,15H2,1-4H3. The summed E-state index contributed by atoms with van der Waals surface area (Å²) >= 11 is 6.67. The lowest BCUT2D eigenvalue weighted by molar-refractivity contribution is -0.148. The number of hydrogen-bond acceptors (Lipinski definition) is 9. The van der Waals surface area contributed by atoms with Crippen LogP contribution in [0.4, 0.5) is 5.82 Å². The van der Waals surface area contributed by atoms with Crippen LogP contribution in [0.25, 0.3) is 6.08 Å². The molecule has 1 atom stereocenters. The smallest absolute Gasteiger partial charge is 0.310 e. The van der Waals surface area contributed by atoms with Crippen LogP contribution in [0.3, 0.4) is 0 Å². The molecule has 11 heteroatoms. The maximum absolute atomic E-state index is 13.2. The largest absolute Gasteiger partial charge is 0.466 e. The van der Waals surface area contributed by atoms with Crippen LogP contribution in [0.15, 0.2) is 9.70 Å². The van der Waals surface area contributed by atoms with Crippen molar-refractivity contribution < 1.29 is 19.1 Å². The predicted molar refractivity (Wildman–Crippen MR) is 144 cm³/mol. The molecule has 2 saturated heterocycles. The van der Waals surface area contributed by atoms with Crippen LogP contribution < -0.4 is 10.5 Å². The minimum absolute atomic E-state index is 0.0265. The van der Waals surface area contributed by atoms with E-state index in [1.807, 2.05) is 17.9 Å². The molecule has 1 amide bonds. The highest BCUT2D eigenvalue weighted by Gasteiger charge is 2.34. The highest BCUT2D eigenvalue weighted by atomic mass is 32.2. The number of nitrogens with zero attached hydrogens (tertiary/aromatic N) is 4. The summed E-state index contributed by atoms with van der Waals surface area (Å²) in [6.45, 7) is 8.34. The third-order valence-electron chi connectivity index (χ3n) is 6.33. The average Bonchev–Trinajstić information content (AvgIpc) is 3.13. The highest BCUT2D eigenvalue weighted by Crippen LogP contribution is 2.36. The van der Waals surface area contributed by atoms with Crippen LogP contribution in [0.2, 0.25) is 0 Å². The molecule has 0 radical (unpaired) electrons. The van der Waals surface area contributed by atoms with Gasteiger partial charge in [0.05, 0.1) is 17.4 Å². The van der Waals surface area contributed by atoms with Gasteiger partial charge >= 0.3 is 5.97 Å². The third kappa shape index (κ3) is 5.82. The molecule has 0 aliphatic carbocycles. The van der Waals surface area contributed by atoms with E-state index in [1.54, 1.807) is 31.9 Å². The first kappa shape index (κ1) is 27.9. The second-order valence-corrected chi connectivity index (χ2v) is 10.3. The molecule has 3 rings (SSSR count). The second kappa shape index (κ2) is 12.5. The number of rotatable bonds is 9. The van der Waals surface area contributed by atoms with Crippen LogP contribution in [-0.2, 0) is 26.1 Å². The van der Waals surface area contributed by atoms with Crippen molar-refractivity contribution in [2.45, 2.75) is 40.0 Å². The number of ether oxygens (including phenoxy) is 2. The van der Waals surface area contributed by atoms with Crippen molar-refractivity contribution in [3.8, 4) is 6.07 Å². The van der Waals surface area contributed by atoms with Gasteiger partial charge in [0.25, 0.3) is 11.5 Å². The summed E-state index contributed by atoms with van der Waals surface area (Å²) in [5.74, 6) is -0.206. The van der Waals surface area contributed by atoms with Gasteiger partial charge in [0.2, 0.25) is 0 Å². The third-order valence-corrected chi connectivity index (χ3v) is 7.71. The minimum Gasteiger partial charge on any atom is -0.466 e. The molecule has 0 saturated carbocycles. The zero-order valence-electron chi connectivity index (χ0n) is 21.2. The van der Waals surface area contributed by atoms with Gasteiger partial charge in [-0.05, 0) is 51.7 Å². The number of carbonyl (C=O) groups excluding carboxylic acids is 2. The number of aromatic nitrogens is 1. The van der Waals surface area contributed by atoms with Crippen LogP contribution >= 0.6 is 24.0 Å². The lowest BCUT2D eigenvalue weighted by atomic mass is 9.96. The first-order valence-corrected chi connectivity index (χ1v) is 13.4. The Balaban J connectivity index is 2.02. The first-order valence-electron chi connectivity index (χ1n) is 12.1. The van der Waals surface area contributed by atoms with Crippen molar-refractivity contribution in [3.05, 3.63) is 31.9 Å². The molecule has 9 nitrogen and oxygen atoms in total. The summed E-state index contributed by atoms with van der Waals surface area (Å²) in [6.07, 6.45) is 3.84. The topological polar surface area (TPSA) is 105 Å². The summed E-state index contributed by atoms with van der Waals surface area (Å²) in [7, 11) is 1.61. The molecule has 0 N–H and O–H groups in total. The predicted octanol–water partition coefficient (Wildman–Crippen LogP) is 2.97.